The van der Waals surface area contributed by atoms with Gasteiger partial charge >= 0.3 is 5.97 Å². The Labute approximate surface area is 160 Å². The molecule has 142 valence electrons. The van der Waals surface area contributed by atoms with Gasteiger partial charge in [0.1, 0.15) is 0 Å². The fourth-order valence-electron chi connectivity index (χ4n) is 4.01. The smallest absolute Gasteiger partial charge is 0.312 e. The Kier molecular flexibility index (Phi) is 5.33. The molecule has 1 N–H and O–H groups in total. The summed E-state index contributed by atoms with van der Waals surface area (Å²) < 4.78 is 2.23. The van der Waals surface area contributed by atoms with Gasteiger partial charge < -0.3 is 14.6 Å². The van der Waals surface area contributed by atoms with Gasteiger partial charge in [-0.05, 0) is 49.4 Å². The molecule has 0 aliphatic carbocycles. The molecule has 1 atom stereocenters. The number of aliphatic carboxylic acids is 1. The Hall–Kier alpha value is -2.66. The zero-order valence-electron chi connectivity index (χ0n) is 15.1. The lowest BCUT2D eigenvalue weighted by molar-refractivity contribution is -0.139. The van der Waals surface area contributed by atoms with Gasteiger partial charge in [0.15, 0.2) is 0 Å². The number of nitrogens with zero attached hydrogens (tertiary/aromatic N) is 3. The van der Waals surface area contributed by atoms with Gasteiger partial charge in [-0.15, -0.1) is 0 Å². The normalized spacial score (nSPS) is 15.2. The number of pyridine rings is 1. The molecule has 2 aromatic heterocycles. The second-order valence-electron chi connectivity index (χ2n) is 7.22. The van der Waals surface area contributed by atoms with Gasteiger partial charge in [0.05, 0.1) is 5.92 Å². The van der Waals surface area contributed by atoms with Crippen LogP contribution in [-0.2, 0) is 24.3 Å². The molecule has 1 aliphatic rings. The molecule has 3 aromatic rings. The van der Waals surface area contributed by atoms with Crippen LogP contribution in [0.3, 0.4) is 0 Å². The van der Waals surface area contributed by atoms with Crippen LogP contribution in [0.2, 0.25) is 0 Å². The number of hydrogen-bond donors (Lipinski definition) is 1. The number of aryl methyl sites for hydroxylation is 1. The lowest BCUT2D eigenvalue weighted by atomic mass is 10.00. The van der Waals surface area contributed by atoms with Gasteiger partial charge in [0.25, 0.3) is 0 Å². The molecule has 27 heavy (non-hydrogen) atoms. The first-order chi connectivity index (χ1) is 12.5. The first-order valence-corrected chi connectivity index (χ1v) is 8.96. The summed E-state index contributed by atoms with van der Waals surface area (Å²) >= 11 is 0. The fourth-order valence-corrected chi connectivity index (χ4v) is 4.01. The van der Waals surface area contributed by atoms with Crippen LogP contribution in [0, 0.1) is 6.92 Å². The maximum absolute atomic E-state index is 12.0. The van der Waals surface area contributed by atoms with Gasteiger partial charge in [0.2, 0.25) is 0 Å². The van der Waals surface area contributed by atoms with Crippen LogP contribution in [-0.4, -0.2) is 39.1 Å². The molecule has 5 heteroatoms. The van der Waals surface area contributed by atoms with Crippen LogP contribution in [0.15, 0.2) is 42.7 Å². The Morgan fingerprint density at radius 2 is 2.00 bits per heavy atom. The molecule has 0 spiro atoms. The highest BCUT2D eigenvalue weighted by atomic mass is 16.4. The standard InChI is InChI=1S/C21H23N3O2.CH4/c1-14-3-4-19-16(11-14)18-12-23(2)10-7-20(18)24(19)13-17(21(25)26)15-5-8-22-9-6-15;/h3-6,8-9,11,17H,7,10,12-13H2,1-2H3,(H,25,26);1H4. The molecule has 0 saturated heterocycles. The number of likely N-dealkylation sites (N-methyl/N-ethyl adjacent to an activating group) is 1. The fraction of sp³-hybridized carbons (Fsp3) is 0.364. The molecule has 1 aliphatic heterocycles. The summed E-state index contributed by atoms with van der Waals surface area (Å²) in [6, 6.07) is 10.1. The number of carboxylic acid groups (broad SMARTS) is 1. The minimum absolute atomic E-state index is 0. The molecule has 4 rings (SSSR count). The minimum atomic E-state index is -0.799. The summed E-state index contributed by atoms with van der Waals surface area (Å²) in [6.07, 6.45) is 4.27. The molecular weight excluding hydrogens is 338 g/mol. The molecule has 1 unspecified atom stereocenters. The first kappa shape index (κ1) is 19.1. The van der Waals surface area contributed by atoms with E-state index in [1.165, 1.54) is 22.2 Å². The number of carbonyl (C=O) groups is 1. The lowest BCUT2D eigenvalue weighted by Gasteiger charge is -2.25. The van der Waals surface area contributed by atoms with Gasteiger partial charge in [-0.3, -0.25) is 9.78 Å². The Bertz CT molecular complexity index is 963. The van der Waals surface area contributed by atoms with Crippen LogP contribution in [0.1, 0.15) is 35.7 Å². The van der Waals surface area contributed by atoms with Gasteiger partial charge in [-0.25, -0.2) is 0 Å². The second-order valence-corrected chi connectivity index (χ2v) is 7.22. The highest BCUT2D eigenvalue weighted by Crippen LogP contribution is 2.33. The predicted molar refractivity (Wildman–Crippen MR) is 108 cm³/mol. The van der Waals surface area contributed by atoms with Gasteiger partial charge in [-0.2, -0.15) is 0 Å². The van der Waals surface area contributed by atoms with Crippen molar-refractivity contribution in [3.63, 3.8) is 0 Å². The van der Waals surface area contributed by atoms with E-state index in [9.17, 15) is 9.90 Å². The highest BCUT2D eigenvalue weighted by Gasteiger charge is 2.27. The number of rotatable bonds is 4. The van der Waals surface area contributed by atoms with Crippen molar-refractivity contribution in [2.24, 2.45) is 0 Å². The monoisotopic (exact) mass is 365 g/mol. The highest BCUT2D eigenvalue weighted by molar-refractivity contribution is 5.87. The molecule has 0 radical (unpaired) electrons. The molecule has 5 nitrogen and oxygen atoms in total. The number of fused-ring (bicyclic) bond motifs is 3. The van der Waals surface area contributed by atoms with E-state index in [0.717, 1.165) is 30.6 Å². The third kappa shape index (κ3) is 3.47. The maximum atomic E-state index is 12.0. The van der Waals surface area contributed by atoms with Crippen LogP contribution >= 0.6 is 0 Å². The van der Waals surface area contributed by atoms with Crippen molar-refractivity contribution < 1.29 is 9.90 Å². The quantitative estimate of drug-likeness (QED) is 0.763. The maximum Gasteiger partial charge on any atom is 0.312 e. The molecule has 0 fully saturated rings. The average molecular weight is 365 g/mol. The Morgan fingerprint density at radius 1 is 1.26 bits per heavy atom. The number of aromatic nitrogens is 2. The Balaban J connectivity index is 0.00000210. The van der Waals surface area contributed by atoms with Crippen molar-refractivity contribution in [1.29, 1.82) is 0 Å². The average Bonchev–Trinajstić information content (AvgIpc) is 2.92. The van der Waals surface area contributed by atoms with E-state index < -0.39 is 11.9 Å². The van der Waals surface area contributed by atoms with E-state index in [1.54, 1.807) is 24.5 Å². The number of benzene rings is 1. The van der Waals surface area contributed by atoms with Crippen LogP contribution in [0.25, 0.3) is 10.9 Å². The summed E-state index contributed by atoms with van der Waals surface area (Å²) in [5.74, 6) is -1.38. The van der Waals surface area contributed by atoms with Crippen molar-refractivity contribution in [1.82, 2.24) is 14.5 Å². The van der Waals surface area contributed by atoms with Crippen molar-refractivity contribution in [3.05, 3.63) is 65.1 Å². The summed E-state index contributed by atoms with van der Waals surface area (Å²) in [5.41, 5.74) is 5.79. The molecule has 1 aromatic carbocycles. The summed E-state index contributed by atoms with van der Waals surface area (Å²) in [5, 5.41) is 11.1. The Morgan fingerprint density at radius 3 is 2.70 bits per heavy atom. The molecule has 3 heterocycles. The molecular formula is C22H27N3O2. The van der Waals surface area contributed by atoms with Gasteiger partial charge in [-0.1, -0.05) is 19.1 Å². The SMILES string of the molecule is C.Cc1ccc2c(c1)c1c(n2CC(C(=O)O)c2ccncc2)CCN(C)C1. The second kappa shape index (κ2) is 7.53. The lowest BCUT2D eigenvalue weighted by Crippen LogP contribution is -2.28. The van der Waals surface area contributed by atoms with Crippen LogP contribution in [0.5, 0.6) is 0 Å². The van der Waals surface area contributed by atoms with Crippen molar-refractivity contribution in [2.75, 3.05) is 13.6 Å². The predicted octanol–water partition coefficient (Wildman–Crippen LogP) is 3.84. The summed E-state index contributed by atoms with van der Waals surface area (Å²) in [6.45, 7) is 4.45. The zero-order valence-corrected chi connectivity index (χ0v) is 15.1. The van der Waals surface area contributed by atoms with E-state index in [-0.39, 0.29) is 7.43 Å². The van der Waals surface area contributed by atoms with Crippen molar-refractivity contribution >= 4 is 16.9 Å². The third-order valence-electron chi connectivity index (χ3n) is 5.37. The molecule has 0 saturated carbocycles. The van der Waals surface area contributed by atoms with E-state index in [4.69, 9.17) is 0 Å². The molecule has 0 amide bonds. The van der Waals surface area contributed by atoms with E-state index in [2.05, 4.69) is 46.6 Å². The van der Waals surface area contributed by atoms with Crippen LogP contribution in [0.4, 0.5) is 0 Å². The molecule has 0 bridgehead atoms. The summed E-state index contributed by atoms with van der Waals surface area (Å²) in [4.78, 5) is 18.3. The largest absolute Gasteiger partial charge is 0.481 e. The topological polar surface area (TPSA) is 58.4 Å². The van der Waals surface area contributed by atoms with E-state index in [1.807, 2.05) is 0 Å². The van der Waals surface area contributed by atoms with Crippen molar-refractivity contribution in [2.45, 2.75) is 39.8 Å². The minimum Gasteiger partial charge on any atom is -0.481 e. The number of hydrogen-bond acceptors (Lipinski definition) is 3. The van der Waals surface area contributed by atoms with E-state index in [0.29, 0.717) is 6.54 Å². The first-order valence-electron chi connectivity index (χ1n) is 8.96. The van der Waals surface area contributed by atoms with Crippen LogP contribution < -0.4 is 0 Å². The van der Waals surface area contributed by atoms with E-state index >= 15 is 0 Å². The van der Waals surface area contributed by atoms with Gasteiger partial charge in [0, 0.05) is 55.0 Å². The third-order valence-corrected chi connectivity index (χ3v) is 5.37. The summed E-state index contributed by atoms with van der Waals surface area (Å²) in [7, 11) is 2.14. The number of carboxylic acids is 1. The van der Waals surface area contributed by atoms with Crippen molar-refractivity contribution in [3.8, 4) is 0 Å². The zero-order chi connectivity index (χ0) is 18.3.